The predicted molar refractivity (Wildman–Crippen MR) is 111 cm³/mol. The Labute approximate surface area is 166 Å². The summed E-state index contributed by atoms with van der Waals surface area (Å²) in [6.07, 6.45) is 1.77. The van der Waals surface area contributed by atoms with Crippen LogP contribution in [0.1, 0.15) is 16.1 Å². The highest BCUT2D eigenvalue weighted by Gasteiger charge is 2.49. The number of benzene rings is 2. The molecule has 1 saturated heterocycles. The summed E-state index contributed by atoms with van der Waals surface area (Å²) < 4.78 is 14.3. The zero-order chi connectivity index (χ0) is 19.8. The average molecular weight is 386 g/mol. The highest BCUT2D eigenvalue weighted by Crippen LogP contribution is 2.41. The second-order valence-corrected chi connectivity index (χ2v) is 8.27. The molecule has 6 rings (SSSR count). The maximum absolute atomic E-state index is 14.3. The van der Waals surface area contributed by atoms with Gasteiger partial charge in [-0.2, -0.15) is 0 Å². The molecule has 2 aliphatic heterocycles. The lowest BCUT2D eigenvalue weighted by molar-refractivity contribution is 0.0691. The lowest BCUT2D eigenvalue weighted by Gasteiger charge is -2.50. The first-order chi connectivity index (χ1) is 14.1. The minimum Gasteiger partial charge on any atom is -0.357 e. The van der Waals surface area contributed by atoms with Gasteiger partial charge in [0.1, 0.15) is 5.82 Å². The number of carbonyl (C=O) groups excluding carboxylic acids is 1. The molecule has 1 spiro atoms. The molecule has 2 N–H and O–H groups in total. The van der Waals surface area contributed by atoms with E-state index < -0.39 is 0 Å². The number of fused-ring (bicyclic) bond motifs is 6. The van der Waals surface area contributed by atoms with E-state index in [9.17, 15) is 9.18 Å². The average Bonchev–Trinajstić information content (AvgIpc) is 3.11. The number of nitrogens with one attached hydrogen (secondary N) is 2. The standard InChI is InChI=1S/C23H19FN4O/c1-28-11-23(12-28)10-26-22(29)19-15-7-6-13-9-25-18(14-4-2-3-5-17(14)24)8-16(13)20(15)27-21(19)23/h2-9,27H,10-12H2,1H3,(H,26,29). The number of aromatic nitrogens is 2. The molecule has 2 aromatic heterocycles. The Morgan fingerprint density at radius 3 is 2.76 bits per heavy atom. The zero-order valence-corrected chi connectivity index (χ0v) is 15.9. The second-order valence-electron chi connectivity index (χ2n) is 8.27. The number of carbonyl (C=O) groups is 1. The van der Waals surface area contributed by atoms with Crippen LogP contribution < -0.4 is 5.32 Å². The Hall–Kier alpha value is -3.25. The molecule has 0 bridgehead atoms. The molecule has 1 amide bonds. The van der Waals surface area contributed by atoms with Crippen LogP contribution in [0.4, 0.5) is 4.39 Å². The topological polar surface area (TPSA) is 61.0 Å². The fraction of sp³-hybridized carbons (Fsp3) is 0.217. The Balaban J connectivity index is 1.63. The highest BCUT2D eigenvalue weighted by molar-refractivity contribution is 6.16. The molecule has 0 saturated carbocycles. The summed E-state index contributed by atoms with van der Waals surface area (Å²) in [6, 6.07) is 12.5. The molecule has 6 heteroatoms. The van der Waals surface area contributed by atoms with E-state index in [1.54, 1.807) is 24.4 Å². The molecule has 4 heterocycles. The zero-order valence-electron chi connectivity index (χ0n) is 15.9. The van der Waals surface area contributed by atoms with E-state index in [0.717, 1.165) is 46.0 Å². The van der Waals surface area contributed by atoms with E-state index in [1.807, 2.05) is 18.2 Å². The van der Waals surface area contributed by atoms with E-state index >= 15 is 0 Å². The number of likely N-dealkylation sites (tertiary alicyclic amines) is 1. The van der Waals surface area contributed by atoms with Gasteiger partial charge in [0, 0.05) is 53.2 Å². The minimum absolute atomic E-state index is 0.0332. The first kappa shape index (κ1) is 16.7. The molecular weight excluding hydrogens is 367 g/mol. The second kappa shape index (κ2) is 5.64. The first-order valence-electron chi connectivity index (χ1n) is 9.72. The van der Waals surface area contributed by atoms with Gasteiger partial charge in [0.05, 0.1) is 22.2 Å². The van der Waals surface area contributed by atoms with Gasteiger partial charge in [0.2, 0.25) is 0 Å². The van der Waals surface area contributed by atoms with Crippen LogP contribution in [0.25, 0.3) is 32.9 Å². The number of halogens is 1. The molecule has 2 aromatic carbocycles. The van der Waals surface area contributed by atoms with E-state index in [1.165, 1.54) is 6.07 Å². The molecule has 2 aliphatic rings. The van der Waals surface area contributed by atoms with Crippen molar-refractivity contribution in [3.63, 3.8) is 0 Å². The molecule has 4 aromatic rings. The van der Waals surface area contributed by atoms with Gasteiger partial charge in [-0.05, 0) is 25.2 Å². The summed E-state index contributed by atoms with van der Waals surface area (Å²) in [5.41, 5.74) is 3.66. The summed E-state index contributed by atoms with van der Waals surface area (Å²) in [4.78, 5) is 23.0. The lowest BCUT2D eigenvalue weighted by Crippen LogP contribution is -2.65. The molecule has 1 fully saturated rings. The molecule has 0 aliphatic carbocycles. The van der Waals surface area contributed by atoms with Crippen LogP contribution in [-0.2, 0) is 5.41 Å². The summed E-state index contributed by atoms with van der Waals surface area (Å²) >= 11 is 0. The molecule has 0 unspecified atom stereocenters. The fourth-order valence-electron chi connectivity index (χ4n) is 5.02. The number of aromatic amines is 1. The van der Waals surface area contributed by atoms with Crippen LogP contribution in [0.3, 0.4) is 0 Å². The number of likely N-dealkylation sites (N-methyl/N-ethyl adjacent to an activating group) is 1. The largest absolute Gasteiger partial charge is 0.357 e. The fourth-order valence-corrected chi connectivity index (χ4v) is 5.02. The number of rotatable bonds is 1. The Morgan fingerprint density at radius 2 is 1.97 bits per heavy atom. The van der Waals surface area contributed by atoms with Gasteiger partial charge < -0.3 is 15.2 Å². The minimum atomic E-state index is -0.298. The molecule has 0 atom stereocenters. The van der Waals surface area contributed by atoms with Crippen LogP contribution in [-0.4, -0.2) is 47.5 Å². The van der Waals surface area contributed by atoms with Gasteiger partial charge >= 0.3 is 0 Å². The Morgan fingerprint density at radius 1 is 1.14 bits per heavy atom. The van der Waals surface area contributed by atoms with E-state index in [-0.39, 0.29) is 17.1 Å². The lowest BCUT2D eigenvalue weighted by atomic mass is 9.73. The third-order valence-electron chi connectivity index (χ3n) is 6.31. The maximum atomic E-state index is 14.3. The van der Waals surface area contributed by atoms with Crippen molar-refractivity contribution in [1.29, 1.82) is 0 Å². The third-order valence-corrected chi connectivity index (χ3v) is 6.31. The van der Waals surface area contributed by atoms with Gasteiger partial charge in [-0.1, -0.05) is 24.3 Å². The quantitative estimate of drug-likeness (QED) is 0.527. The predicted octanol–water partition coefficient (Wildman–Crippen LogP) is 3.45. The Bertz CT molecular complexity index is 1320. The summed E-state index contributed by atoms with van der Waals surface area (Å²) in [7, 11) is 2.09. The van der Waals surface area contributed by atoms with Crippen molar-refractivity contribution in [2.45, 2.75) is 5.41 Å². The van der Waals surface area contributed by atoms with Gasteiger partial charge in [-0.25, -0.2) is 4.39 Å². The maximum Gasteiger partial charge on any atom is 0.253 e. The Kier molecular flexibility index (Phi) is 3.24. The summed E-state index contributed by atoms with van der Waals surface area (Å²) in [6.45, 7) is 2.47. The van der Waals surface area contributed by atoms with Gasteiger partial charge in [-0.15, -0.1) is 0 Å². The molecule has 5 nitrogen and oxygen atoms in total. The number of amides is 1. The van der Waals surface area contributed by atoms with E-state index in [0.29, 0.717) is 17.8 Å². The number of hydrogen-bond donors (Lipinski definition) is 2. The SMILES string of the molecule is CN1CC2(CNC(=O)c3c2[nH]c2c3ccc3cnc(-c4ccccc4F)cc32)C1. The van der Waals surface area contributed by atoms with Crippen molar-refractivity contribution in [3.8, 4) is 11.3 Å². The molecule has 0 radical (unpaired) electrons. The molecule has 144 valence electrons. The van der Waals surface area contributed by atoms with Crippen molar-refractivity contribution in [1.82, 2.24) is 20.2 Å². The van der Waals surface area contributed by atoms with E-state index in [4.69, 9.17) is 0 Å². The number of nitrogens with zero attached hydrogens (tertiary/aromatic N) is 2. The number of pyridine rings is 1. The number of hydrogen-bond acceptors (Lipinski definition) is 3. The highest BCUT2D eigenvalue weighted by atomic mass is 19.1. The summed E-state index contributed by atoms with van der Waals surface area (Å²) in [5, 5.41) is 5.88. The van der Waals surface area contributed by atoms with Gasteiger partial charge in [-0.3, -0.25) is 9.78 Å². The van der Waals surface area contributed by atoms with Crippen LogP contribution in [0, 0.1) is 5.82 Å². The van der Waals surface area contributed by atoms with Crippen molar-refractivity contribution in [2.24, 2.45) is 0 Å². The van der Waals surface area contributed by atoms with Crippen molar-refractivity contribution in [2.75, 3.05) is 26.7 Å². The van der Waals surface area contributed by atoms with Crippen LogP contribution in [0.5, 0.6) is 0 Å². The van der Waals surface area contributed by atoms with Gasteiger partial charge in [0.25, 0.3) is 5.91 Å². The van der Waals surface area contributed by atoms with Gasteiger partial charge in [0.15, 0.2) is 0 Å². The smallest absolute Gasteiger partial charge is 0.253 e. The number of H-pyrrole nitrogens is 1. The van der Waals surface area contributed by atoms with Crippen molar-refractivity contribution < 1.29 is 9.18 Å². The summed E-state index contributed by atoms with van der Waals surface area (Å²) in [5.74, 6) is -0.331. The van der Waals surface area contributed by atoms with E-state index in [2.05, 4.69) is 27.2 Å². The van der Waals surface area contributed by atoms with Crippen molar-refractivity contribution >= 4 is 27.6 Å². The first-order valence-corrected chi connectivity index (χ1v) is 9.72. The monoisotopic (exact) mass is 386 g/mol. The van der Waals surface area contributed by atoms with Crippen molar-refractivity contribution in [3.05, 3.63) is 65.7 Å². The van der Waals surface area contributed by atoms with Crippen LogP contribution in [0.2, 0.25) is 0 Å². The third kappa shape index (κ3) is 2.23. The van der Waals surface area contributed by atoms with Crippen LogP contribution >= 0.6 is 0 Å². The molecule has 29 heavy (non-hydrogen) atoms. The molecular formula is C23H19FN4O. The van der Waals surface area contributed by atoms with Crippen LogP contribution in [0.15, 0.2) is 48.7 Å². The normalized spacial score (nSPS) is 18.1.